The van der Waals surface area contributed by atoms with Crippen molar-refractivity contribution in [1.29, 1.82) is 0 Å². The highest BCUT2D eigenvalue weighted by Gasteiger charge is 2.39. The lowest BCUT2D eigenvalue weighted by atomic mass is 9.95. The van der Waals surface area contributed by atoms with Crippen LogP contribution in [0.25, 0.3) is 5.69 Å². The van der Waals surface area contributed by atoms with Gasteiger partial charge in [0, 0.05) is 12.4 Å². The van der Waals surface area contributed by atoms with Gasteiger partial charge in [0.1, 0.15) is 0 Å². The number of nitrogens with zero attached hydrogens (tertiary/aromatic N) is 3. The molecule has 1 amide bonds. The first-order chi connectivity index (χ1) is 15.0. The molecule has 0 unspecified atom stereocenters. The number of amides is 1. The zero-order valence-corrected chi connectivity index (χ0v) is 17.3. The molecule has 5 rings (SSSR count). The molecule has 1 fully saturated rings. The van der Waals surface area contributed by atoms with Crippen LogP contribution in [0.15, 0.2) is 48.8 Å². The van der Waals surface area contributed by atoms with Crippen molar-refractivity contribution in [3.05, 3.63) is 76.9 Å². The second-order valence-electron chi connectivity index (χ2n) is 8.26. The van der Waals surface area contributed by atoms with Crippen molar-refractivity contribution in [1.82, 2.24) is 14.7 Å². The Labute approximate surface area is 179 Å². The Morgan fingerprint density at radius 3 is 2.74 bits per heavy atom. The van der Waals surface area contributed by atoms with Gasteiger partial charge in [-0.2, -0.15) is 5.10 Å². The Hall–Kier alpha value is -3.19. The second-order valence-corrected chi connectivity index (χ2v) is 8.26. The number of benzene rings is 2. The SMILES string of the molecule is Cc1c(Cc2ccc(-n3cccn3)cc2)cc2c(c1F)OCN([C@@H]1CCC[C@H]1O)C2=O. The summed E-state index contributed by atoms with van der Waals surface area (Å²) in [6.45, 7) is 1.68. The summed E-state index contributed by atoms with van der Waals surface area (Å²) in [6, 6.07) is 11.2. The quantitative estimate of drug-likeness (QED) is 0.699. The summed E-state index contributed by atoms with van der Waals surface area (Å²) in [5.74, 6) is -0.744. The number of aliphatic hydroxyl groups excluding tert-OH is 1. The smallest absolute Gasteiger partial charge is 0.260 e. The van der Waals surface area contributed by atoms with Crippen LogP contribution in [0.1, 0.15) is 46.3 Å². The van der Waals surface area contributed by atoms with Crippen LogP contribution in [0.2, 0.25) is 0 Å². The Balaban J connectivity index is 1.43. The summed E-state index contributed by atoms with van der Waals surface area (Å²) in [5.41, 5.74) is 3.41. The molecule has 0 saturated heterocycles. The average Bonchev–Trinajstić information content (AvgIpc) is 3.45. The van der Waals surface area contributed by atoms with Crippen LogP contribution >= 0.6 is 0 Å². The van der Waals surface area contributed by atoms with Crippen LogP contribution in [0.5, 0.6) is 5.75 Å². The van der Waals surface area contributed by atoms with Crippen molar-refractivity contribution in [3.8, 4) is 11.4 Å². The molecule has 1 aliphatic carbocycles. The van der Waals surface area contributed by atoms with Crippen molar-refractivity contribution in [2.24, 2.45) is 0 Å². The molecular weight excluding hydrogens is 397 g/mol. The topological polar surface area (TPSA) is 67.6 Å². The van der Waals surface area contributed by atoms with Crippen molar-refractivity contribution >= 4 is 5.91 Å². The highest BCUT2D eigenvalue weighted by atomic mass is 19.1. The highest BCUT2D eigenvalue weighted by Crippen LogP contribution is 2.36. The summed E-state index contributed by atoms with van der Waals surface area (Å²) in [4.78, 5) is 14.7. The minimum atomic E-state index is -0.558. The molecular formula is C24H24FN3O3. The molecule has 160 valence electrons. The molecule has 6 nitrogen and oxygen atoms in total. The standard InChI is InChI=1S/C24H24FN3O3/c1-15-17(12-16-6-8-18(9-7-16)28-11-3-10-26-28)13-19-23(22(15)25)31-14-27(24(19)30)20-4-2-5-21(20)29/h3,6-11,13,20-21,29H,2,4-5,12,14H2,1H3/t20-,21-/m1/s1. The maximum absolute atomic E-state index is 15.1. The van der Waals surface area contributed by atoms with E-state index in [2.05, 4.69) is 5.10 Å². The van der Waals surface area contributed by atoms with Crippen molar-refractivity contribution in [3.63, 3.8) is 0 Å². The molecule has 7 heteroatoms. The van der Waals surface area contributed by atoms with Crippen LogP contribution in [-0.4, -0.2) is 44.6 Å². The largest absolute Gasteiger partial charge is 0.469 e. The van der Waals surface area contributed by atoms with Crippen LogP contribution in [0.4, 0.5) is 4.39 Å². The van der Waals surface area contributed by atoms with Gasteiger partial charge in [-0.05, 0) is 73.6 Å². The molecule has 2 aromatic carbocycles. The van der Waals surface area contributed by atoms with Gasteiger partial charge >= 0.3 is 0 Å². The molecule has 0 bridgehead atoms. The second kappa shape index (κ2) is 7.81. The van der Waals surface area contributed by atoms with E-state index in [1.807, 2.05) is 36.5 Å². The predicted molar refractivity (Wildman–Crippen MR) is 113 cm³/mol. The monoisotopic (exact) mass is 421 g/mol. The Kier molecular flexibility index (Phi) is 4.98. The van der Waals surface area contributed by atoms with Gasteiger partial charge in [0.15, 0.2) is 18.3 Å². The Morgan fingerprint density at radius 1 is 1.26 bits per heavy atom. The fraction of sp³-hybridized carbons (Fsp3) is 0.333. The number of rotatable bonds is 4. The first kappa shape index (κ1) is 19.8. The lowest BCUT2D eigenvalue weighted by molar-refractivity contribution is 0.0115. The number of ether oxygens (including phenoxy) is 1. The molecule has 0 spiro atoms. The predicted octanol–water partition coefficient (Wildman–Crippen LogP) is 3.62. The van der Waals surface area contributed by atoms with Gasteiger partial charge in [-0.1, -0.05) is 12.1 Å². The zero-order valence-electron chi connectivity index (χ0n) is 17.3. The van der Waals surface area contributed by atoms with E-state index in [4.69, 9.17) is 4.74 Å². The maximum atomic E-state index is 15.1. The molecule has 1 N–H and O–H groups in total. The normalized spacial score (nSPS) is 20.6. The number of carbonyl (C=O) groups excluding carboxylic acids is 1. The number of aromatic nitrogens is 2. The fourth-order valence-electron chi connectivity index (χ4n) is 4.55. The van der Waals surface area contributed by atoms with Crippen molar-refractivity contribution < 1.29 is 19.0 Å². The van der Waals surface area contributed by atoms with E-state index in [9.17, 15) is 9.90 Å². The maximum Gasteiger partial charge on any atom is 0.260 e. The number of hydrogen-bond acceptors (Lipinski definition) is 4. The average molecular weight is 421 g/mol. The van der Waals surface area contributed by atoms with E-state index in [1.165, 1.54) is 4.90 Å². The molecule has 0 radical (unpaired) electrons. The van der Waals surface area contributed by atoms with Gasteiger partial charge in [-0.25, -0.2) is 9.07 Å². The van der Waals surface area contributed by atoms with Gasteiger partial charge < -0.3 is 9.84 Å². The van der Waals surface area contributed by atoms with Crippen molar-refractivity contribution in [2.45, 2.75) is 44.8 Å². The minimum absolute atomic E-state index is 0.0176. The van der Waals surface area contributed by atoms with Gasteiger partial charge in [0.05, 0.1) is 23.4 Å². The number of halogens is 1. The van der Waals surface area contributed by atoms with Crippen LogP contribution in [0.3, 0.4) is 0 Å². The summed E-state index contributed by atoms with van der Waals surface area (Å²) >= 11 is 0. The third-order valence-corrected chi connectivity index (χ3v) is 6.36. The number of fused-ring (bicyclic) bond motifs is 1. The third kappa shape index (κ3) is 3.49. The Bertz CT molecular complexity index is 1110. The first-order valence-corrected chi connectivity index (χ1v) is 10.6. The zero-order chi connectivity index (χ0) is 21.5. The lowest BCUT2D eigenvalue weighted by Gasteiger charge is -2.35. The number of hydrogen-bond donors (Lipinski definition) is 1. The van der Waals surface area contributed by atoms with Crippen LogP contribution in [-0.2, 0) is 6.42 Å². The van der Waals surface area contributed by atoms with Gasteiger partial charge in [-0.15, -0.1) is 0 Å². The van der Waals surface area contributed by atoms with E-state index in [-0.39, 0.29) is 30.0 Å². The van der Waals surface area contributed by atoms with Crippen LogP contribution in [0, 0.1) is 12.7 Å². The summed E-state index contributed by atoms with van der Waals surface area (Å²) in [5, 5.41) is 14.4. The summed E-state index contributed by atoms with van der Waals surface area (Å²) in [6.07, 6.45) is 5.80. The van der Waals surface area contributed by atoms with Gasteiger partial charge in [0.25, 0.3) is 5.91 Å². The molecule has 1 aliphatic heterocycles. The molecule has 2 aliphatic rings. The molecule has 1 aromatic heterocycles. The highest BCUT2D eigenvalue weighted by molar-refractivity contribution is 5.98. The van der Waals surface area contributed by atoms with E-state index in [1.54, 1.807) is 23.9 Å². The fourth-order valence-corrected chi connectivity index (χ4v) is 4.55. The Morgan fingerprint density at radius 2 is 2.06 bits per heavy atom. The molecule has 2 atom stereocenters. The first-order valence-electron chi connectivity index (χ1n) is 10.6. The van der Waals surface area contributed by atoms with Gasteiger partial charge in [-0.3, -0.25) is 9.69 Å². The minimum Gasteiger partial charge on any atom is -0.469 e. The van der Waals surface area contributed by atoms with Crippen molar-refractivity contribution in [2.75, 3.05) is 6.73 Å². The number of aliphatic hydroxyl groups is 1. The van der Waals surface area contributed by atoms with E-state index >= 15 is 4.39 Å². The lowest BCUT2D eigenvalue weighted by Crippen LogP contribution is -2.48. The number of carbonyl (C=O) groups is 1. The third-order valence-electron chi connectivity index (χ3n) is 6.36. The molecule has 31 heavy (non-hydrogen) atoms. The van der Waals surface area contributed by atoms with E-state index < -0.39 is 11.9 Å². The summed E-state index contributed by atoms with van der Waals surface area (Å²) in [7, 11) is 0. The molecule has 1 saturated carbocycles. The van der Waals surface area contributed by atoms with E-state index in [0.717, 1.165) is 29.7 Å². The van der Waals surface area contributed by atoms with E-state index in [0.29, 0.717) is 18.4 Å². The van der Waals surface area contributed by atoms with Crippen LogP contribution < -0.4 is 4.74 Å². The molecule has 3 aromatic rings. The summed E-state index contributed by atoms with van der Waals surface area (Å²) < 4.78 is 22.5. The molecule has 2 heterocycles. The van der Waals surface area contributed by atoms with Gasteiger partial charge in [0.2, 0.25) is 0 Å².